The van der Waals surface area contributed by atoms with Crippen LogP contribution in [0.15, 0.2) is 54.7 Å². The minimum atomic E-state index is -0.623. The number of nitrogens with zero attached hydrogens (tertiary/aromatic N) is 3. The van der Waals surface area contributed by atoms with Crippen LogP contribution in [0, 0.1) is 17.0 Å². The number of para-hydroxylation sites is 1. The van der Waals surface area contributed by atoms with Gasteiger partial charge in [0.2, 0.25) is 11.5 Å². The van der Waals surface area contributed by atoms with Gasteiger partial charge in [0.25, 0.3) is 0 Å². The smallest absolute Gasteiger partial charge is 0.318 e. The zero-order valence-corrected chi connectivity index (χ0v) is 16.9. The molecule has 154 valence electrons. The first kappa shape index (κ1) is 20.8. The Morgan fingerprint density at radius 2 is 2.00 bits per heavy atom. The standard InChI is InChI=1S/C22H21N3O5/c1-15-6-4-5-7-20(15)30-14-17-12-16(9-11-21(17)29-3)8-10-19(26)22-18(25(27)28)13-24(2)23-22/h4-13H,14H2,1-3H3/b10-8+. The summed E-state index contributed by atoms with van der Waals surface area (Å²) in [6, 6.07) is 13.1. The van der Waals surface area contributed by atoms with E-state index in [-0.39, 0.29) is 18.0 Å². The molecule has 0 radical (unpaired) electrons. The molecule has 0 spiro atoms. The fraction of sp³-hybridized carbons (Fsp3) is 0.182. The highest BCUT2D eigenvalue weighted by Gasteiger charge is 2.23. The lowest BCUT2D eigenvalue weighted by Crippen LogP contribution is -2.01. The van der Waals surface area contributed by atoms with Gasteiger partial charge in [-0.1, -0.05) is 30.3 Å². The maximum absolute atomic E-state index is 12.4. The zero-order valence-electron chi connectivity index (χ0n) is 16.9. The molecule has 2 aromatic carbocycles. The Labute approximate surface area is 173 Å². The molecule has 0 aliphatic carbocycles. The second kappa shape index (κ2) is 9.04. The van der Waals surface area contributed by atoms with Gasteiger partial charge in [-0.15, -0.1) is 0 Å². The van der Waals surface area contributed by atoms with Crippen molar-refractivity contribution >= 4 is 17.5 Å². The molecule has 0 saturated heterocycles. The summed E-state index contributed by atoms with van der Waals surface area (Å²) in [6.45, 7) is 2.25. The van der Waals surface area contributed by atoms with Crippen molar-refractivity contribution in [2.75, 3.05) is 7.11 Å². The Morgan fingerprint density at radius 1 is 1.23 bits per heavy atom. The molecule has 0 atom stereocenters. The molecule has 1 aromatic heterocycles. The van der Waals surface area contributed by atoms with E-state index in [1.54, 1.807) is 25.3 Å². The molecule has 0 amide bonds. The van der Waals surface area contributed by atoms with Gasteiger partial charge in [-0.25, -0.2) is 0 Å². The van der Waals surface area contributed by atoms with Gasteiger partial charge in [0.1, 0.15) is 24.3 Å². The van der Waals surface area contributed by atoms with E-state index in [0.717, 1.165) is 22.4 Å². The van der Waals surface area contributed by atoms with Crippen LogP contribution in [-0.4, -0.2) is 27.6 Å². The van der Waals surface area contributed by atoms with Crippen LogP contribution < -0.4 is 9.47 Å². The van der Waals surface area contributed by atoms with E-state index < -0.39 is 10.7 Å². The molecule has 3 aromatic rings. The average molecular weight is 407 g/mol. The van der Waals surface area contributed by atoms with Crippen molar-refractivity contribution in [3.8, 4) is 11.5 Å². The first-order valence-corrected chi connectivity index (χ1v) is 9.15. The Bertz CT molecular complexity index is 1120. The van der Waals surface area contributed by atoms with Crippen LogP contribution in [0.3, 0.4) is 0 Å². The van der Waals surface area contributed by atoms with Crippen molar-refractivity contribution in [3.63, 3.8) is 0 Å². The van der Waals surface area contributed by atoms with Crippen LogP contribution in [0.1, 0.15) is 27.2 Å². The number of aromatic nitrogens is 2. The van der Waals surface area contributed by atoms with Crippen LogP contribution in [-0.2, 0) is 13.7 Å². The summed E-state index contributed by atoms with van der Waals surface area (Å²) in [5.41, 5.74) is 2.03. The number of benzene rings is 2. The van der Waals surface area contributed by atoms with Crippen molar-refractivity contribution in [2.24, 2.45) is 7.05 Å². The van der Waals surface area contributed by atoms with Crippen LogP contribution in [0.25, 0.3) is 6.08 Å². The second-order valence-corrected chi connectivity index (χ2v) is 6.62. The Balaban J connectivity index is 1.80. The highest BCUT2D eigenvalue weighted by Crippen LogP contribution is 2.25. The van der Waals surface area contributed by atoms with Crippen molar-refractivity contribution in [3.05, 3.63) is 87.2 Å². The van der Waals surface area contributed by atoms with Gasteiger partial charge in [-0.05, 0) is 42.3 Å². The van der Waals surface area contributed by atoms with Gasteiger partial charge < -0.3 is 9.47 Å². The predicted molar refractivity (Wildman–Crippen MR) is 112 cm³/mol. The van der Waals surface area contributed by atoms with E-state index in [1.165, 1.54) is 24.0 Å². The van der Waals surface area contributed by atoms with Crippen LogP contribution in [0.4, 0.5) is 5.69 Å². The quantitative estimate of drug-likeness (QED) is 0.241. The summed E-state index contributed by atoms with van der Waals surface area (Å²) in [7, 11) is 3.10. The van der Waals surface area contributed by atoms with Gasteiger partial charge in [-0.2, -0.15) is 5.10 Å². The lowest BCUT2D eigenvalue weighted by atomic mass is 10.1. The van der Waals surface area contributed by atoms with Crippen LogP contribution >= 0.6 is 0 Å². The minimum absolute atomic E-state index is 0.199. The maximum atomic E-state index is 12.4. The normalized spacial score (nSPS) is 10.9. The highest BCUT2D eigenvalue weighted by atomic mass is 16.6. The molecular formula is C22H21N3O5. The summed E-state index contributed by atoms with van der Waals surface area (Å²) in [4.78, 5) is 22.9. The first-order valence-electron chi connectivity index (χ1n) is 9.15. The van der Waals surface area contributed by atoms with E-state index in [2.05, 4.69) is 5.10 Å². The van der Waals surface area contributed by atoms with Crippen LogP contribution in [0.2, 0.25) is 0 Å². The minimum Gasteiger partial charge on any atom is -0.496 e. The molecule has 0 bridgehead atoms. The third-order valence-electron chi connectivity index (χ3n) is 4.45. The number of carbonyl (C=O) groups excluding carboxylic acids is 1. The molecule has 3 rings (SSSR count). The number of allylic oxidation sites excluding steroid dienone is 1. The Morgan fingerprint density at radius 3 is 2.70 bits per heavy atom. The molecule has 0 N–H and O–H groups in total. The number of carbonyl (C=O) groups is 1. The summed E-state index contributed by atoms with van der Waals surface area (Å²) in [5.74, 6) is 0.890. The highest BCUT2D eigenvalue weighted by molar-refractivity contribution is 6.07. The fourth-order valence-electron chi connectivity index (χ4n) is 2.92. The molecule has 0 aliphatic heterocycles. The van der Waals surface area contributed by atoms with E-state index in [9.17, 15) is 14.9 Å². The van der Waals surface area contributed by atoms with Crippen molar-refractivity contribution in [2.45, 2.75) is 13.5 Å². The molecule has 0 fully saturated rings. The number of methoxy groups -OCH3 is 1. The number of aryl methyl sites for hydroxylation is 2. The number of nitro groups is 1. The number of hydrogen-bond acceptors (Lipinski definition) is 6. The van der Waals surface area contributed by atoms with Crippen molar-refractivity contribution < 1.29 is 19.2 Å². The third kappa shape index (κ3) is 4.72. The summed E-state index contributed by atoms with van der Waals surface area (Å²) >= 11 is 0. The largest absolute Gasteiger partial charge is 0.496 e. The molecular weight excluding hydrogens is 386 g/mol. The predicted octanol–water partition coefficient (Wildman–Crippen LogP) is 4.12. The molecule has 8 nitrogen and oxygen atoms in total. The van der Waals surface area contributed by atoms with E-state index in [1.807, 2.05) is 37.3 Å². The zero-order chi connectivity index (χ0) is 21.7. The molecule has 0 saturated carbocycles. The lowest BCUT2D eigenvalue weighted by molar-refractivity contribution is -0.385. The average Bonchev–Trinajstić information content (AvgIpc) is 3.13. The topological polar surface area (TPSA) is 96.5 Å². The third-order valence-corrected chi connectivity index (χ3v) is 4.45. The van der Waals surface area contributed by atoms with Crippen molar-refractivity contribution in [1.82, 2.24) is 9.78 Å². The summed E-state index contributed by atoms with van der Waals surface area (Å²) in [6.07, 6.45) is 4.05. The van der Waals surface area contributed by atoms with E-state index in [4.69, 9.17) is 9.47 Å². The number of ether oxygens (including phenoxy) is 2. The van der Waals surface area contributed by atoms with Gasteiger partial charge in [-0.3, -0.25) is 19.6 Å². The van der Waals surface area contributed by atoms with E-state index in [0.29, 0.717) is 5.75 Å². The summed E-state index contributed by atoms with van der Waals surface area (Å²) < 4.78 is 12.5. The van der Waals surface area contributed by atoms with Gasteiger partial charge in [0.05, 0.1) is 12.0 Å². The fourth-order valence-corrected chi connectivity index (χ4v) is 2.92. The number of ketones is 1. The SMILES string of the molecule is COc1ccc(/C=C/C(=O)c2nn(C)cc2[N+](=O)[O-])cc1COc1ccccc1C. The van der Waals surface area contributed by atoms with Gasteiger partial charge in [0, 0.05) is 12.6 Å². The van der Waals surface area contributed by atoms with Crippen molar-refractivity contribution in [1.29, 1.82) is 0 Å². The molecule has 0 unspecified atom stereocenters. The maximum Gasteiger partial charge on any atom is 0.318 e. The monoisotopic (exact) mass is 407 g/mol. The van der Waals surface area contributed by atoms with Gasteiger partial charge in [0.15, 0.2) is 0 Å². The molecule has 0 aliphatic rings. The van der Waals surface area contributed by atoms with Crippen LogP contribution in [0.5, 0.6) is 11.5 Å². The lowest BCUT2D eigenvalue weighted by Gasteiger charge is -2.12. The molecule has 8 heteroatoms. The molecule has 1 heterocycles. The first-order chi connectivity index (χ1) is 14.4. The molecule has 30 heavy (non-hydrogen) atoms. The van der Waals surface area contributed by atoms with Gasteiger partial charge >= 0.3 is 5.69 Å². The Kier molecular flexibility index (Phi) is 6.26. The Hall–Kier alpha value is -3.94. The number of rotatable bonds is 8. The van der Waals surface area contributed by atoms with E-state index >= 15 is 0 Å². The number of hydrogen-bond donors (Lipinski definition) is 0. The second-order valence-electron chi connectivity index (χ2n) is 6.62. The summed E-state index contributed by atoms with van der Waals surface area (Å²) in [5, 5.41) is 15.0.